The van der Waals surface area contributed by atoms with E-state index in [0.717, 1.165) is 18.4 Å². The predicted molar refractivity (Wildman–Crippen MR) is 83.5 cm³/mol. The lowest BCUT2D eigenvalue weighted by molar-refractivity contribution is 0.577. The highest BCUT2D eigenvalue weighted by atomic mass is 35.5. The normalized spacial score (nSPS) is 12.1. The molecule has 0 saturated heterocycles. The highest BCUT2D eigenvalue weighted by molar-refractivity contribution is 7.89. The Morgan fingerprint density at radius 2 is 2.00 bits per heavy atom. The highest BCUT2D eigenvalue weighted by Gasteiger charge is 2.14. The van der Waals surface area contributed by atoms with Gasteiger partial charge in [-0.15, -0.1) is 0 Å². The summed E-state index contributed by atoms with van der Waals surface area (Å²) < 4.78 is 26.7. The molecule has 0 aliphatic heterocycles. The van der Waals surface area contributed by atoms with E-state index < -0.39 is 10.0 Å². The molecule has 2 N–H and O–H groups in total. The maximum absolute atomic E-state index is 12.1. The fourth-order valence-electron chi connectivity index (χ4n) is 1.62. The van der Waals surface area contributed by atoms with E-state index in [2.05, 4.69) is 10.0 Å². The van der Waals surface area contributed by atoms with Crippen molar-refractivity contribution < 1.29 is 8.42 Å². The van der Waals surface area contributed by atoms with E-state index in [0.29, 0.717) is 24.2 Å². The van der Waals surface area contributed by atoms with Crippen molar-refractivity contribution in [2.75, 3.05) is 6.54 Å². The zero-order valence-electron chi connectivity index (χ0n) is 12.2. The summed E-state index contributed by atoms with van der Waals surface area (Å²) in [5.41, 5.74) is 0.896. The molecule has 114 valence electrons. The number of sulfonamides is 1. The molecule has 0 bridgehead atoms. The van der Waals surface area contributed by atoms with Gasteiger partial charge in [0, 0.05) is 24.2 Å². The van der Waals surface area contributed by atoms with Crippen LogP contribution in [0.3, 0.4) is 0 Å². The molecular weight excluding hydrogens is 296 g/mol. The SMILES string of the molecule is CCCCNS(=O)(=O)c1ccc(CNC(C)C)c(Cl)c1. The van der Waals surface area contributed by atoms with Crippen LogP contribution >= 0.6 is 11.6 Å². The molecular formula is C14H23ClN2O2S. The fraction of sp³-hybridized carbons (Fsp3) is 0.571. The lowest BCUT2D eigenvalue weighted by Crippen LogP contribution is -2.25. The minimum atomic E-state index is -3.46. The largest absolute Gasteiger partial charge is 0.310 e. The molecule has 0 aliphatic rings. The molecule has 0 heterocycles. The van der Waals surface area contributed by atoms with Gasteiger partial charge in [0.2, 0.25) is 10.0 Å². The van der Waals surface area contributed by atoms with Crippen molar-refractivity contribution in [3.63, 3.8) is 0 Å². The topological polar surface area (TPSA) is 58.2 Å². The molecule has 0 saturated carbocycles. The van der Waals surface area contributed by atoms with Crippen LogP contribution in [0.1, 0.15) is 39.2 Å². The lowest BCUT2D eigenvalue weighted by atomic mass is 10.2. The highest BCUT2D eigenvalue weighted by Crippen LogP contribution is 2.21. The number of hydrogen-bond donors (Lipinski definition) is 2. The second-order valence-electron chi connectivity index (χ2n) is 5.04. The molecule has 0 spiro atoms. The minimum absolute atomic E-state index is 0.215. The van der Waals surface area contributed by atoms with Gasteiger partial charge >= 0.3 is 0 Å². The third-order valence-corrected chi connectivity index (χ3v) is 4.67. The Morgan fingerprint density at radius 1 is 1.30 bits per heavy atom. The molecule has 0 radical (unpaired) electrons. The number of hydrogen-bond acceptors (Lipinski definition) is 3. The zero-order valence-corrected chi connectivity index (χ0v) is 13.8. The second-order valence-corrected chi connectivity index (χ2v) is 7.21. The molecule has 4 nitrogen and oxygen atoms in total. The van der Waals surface area contributed by atoms with Crippen molar-refractivity contribution in [3.8, 4) is 0 Å². The van der Waals surface area contributed by atoms with E-state index in [-0.39, 0.29) is 4.90 Å². The lowest BCUT2D eigenvalue weighted by Gasteiger charge is -2.11. The summed E-state index contributed by atoms with van der Waals surface area (Å²) in [6.45, 7) is 7.18. The van der Waals surface area contributed by atoms with Crippen LogP contribution in [0.4, 0.5) is 0 Å². The van der Waals surface area contributed by atoms with E-state index in [9.17, 15) is 8.42 Å². The van der Waals surface area contributed by atoms with Crippen molar-refractivity contribution in [3.05, 3.63) is 28.8 Å². The molecule has 1 aromatic carbocycles. The average Bonchev–Trinajstić information content (AvgIpc) is 2.37. The molecule has 0 unspecified atom stereocenters. The summed E-state index contributed by atoms with van der Waals surface area (Å²) >= 11 is 6.15. The molecule has 0 aromatic heterocycles. The summed E-state index contributed by atoms with van der Waals surface area (Å²) in [5, 5.41) is 3.72. The van der Waals surface area contributed by atoms with Gasteiger partial charge in [-0.25, -0.2) is 13.1 Å². The molecule has 0 amide bonds. The Bertz CT molecular complexity index is 530. The summed E-state index contributed by atoms with van der Waals surface area (Å²) in [5.74, 6) is 0. The Morgan fingerprint density at radius 3 is 2.55 bits per heavy atom. The number of halogens is 1. The van der Waals surface area contributed by atoms with Crippen LogP contribution in [0.5, 0.6) is 0 Å². The van der Waals surface area contributed by atoms with Gasteiger partial charge in [-0.3, -0.25) is 0 Å². The van der Waals surface area contributed by atoms with Crippen LogP contribution in [-0.2, 0) is 16.6 Å². The van der Waals surface area contributed by atoms with Gasteiger partial charge in [0.05, 0.1) is 4.90 Å². The quantitative estimate of drug-likeness (QED) is 0.725. The van der Waals surface area contributed by atoms with Gasteiger partial charge in [-0.05, 0) is 24.1 Å². The molecule has 1 rings (SSSR count). The van der Waals surface area contributed by atoms with Crippen LogP contribution in [0, 0.1) is 0 Å². The molecule has 1 aromatic rings. The summed E-state index contributed by atoms with van der Waals surface area (Å²) in [4.78, 5) is 0.215. The molecule has 20 heavy (non-hydrogen) atoms. The first-order valence-electron chi connectivity index (χ1n) is 6.88. The third kappa shape index (κ3) is 5.40. The number of benzene rings is 1. The average molecular weight is 319 g/mol. The number of nitrogens with one attached hydrogen (secondary N) is 2. The standard InChI is InChI=1S/C14H23ClN2O2S/c1-4-5-8-17-20(18,19)13-7-6-12(14(15)9-13)10-16-11(2)3/h6-7,9,11,16-17H,4-5,8,10H2,1-3H3. The fourth-order valence-corrected chi connectivity index (χ4v) is 3.03. The Hall–Kier alpha value is -0.620. The monoisotopic (exact) mass is 318 g/mol. The van der Waals surface area contributed by atoms with Gasteiger partial charge < -0.3 is 5.32 Å². The van der Waals surface area contributed by atoms with Crippen molar-refractivity contribution >= 4 is 21.6 Å². The van der Waals surface area contributed by atoms with E-state index >= 15 is 0 Å². The smallest absolute Gasteiger partial charge is 0.240 e. The van der Waals surface area contributed by atoms with Crippen LogP contribution in [-0.4, -0.2) is 21.0 Å². The Labute approximate surface area is 127 Å². The summed E-state index contributed by atoms with van der Waals surface area (Å²) in [6.07, 6.45) is 1.77. The van der Waals surface area contributed by atoms with Crippen LogP contribution in [0.2, 0.25) is 5.02 Å². The van der Waals surface area contributed by atoms with Gasteiger partial charge in [-0.2, -0.15) is 0 Å². The van der Waals surface area contributed by atoms with Crippen LogP contribution < -0.4 is 10.0 Å². The van der Waals surface area contributed by atoms with Gasteiger partial charge in [-0.1, -0.05) is 44.9 Å². The Balaban J connectivity index is 2.80. The molecule has 0 fully saturated rings. The van der Waals surface area contributed by atoms with Crippen molar-refractivity contribution in [1.82, 2.24) is 10.0 Å². The predicted octanol–water partition coefficient (Wildman–Crippen LogP) is 2.92. The summed E-state index contributed by atoms with van der Waals surface area (Å²) in [7, 11) is -3.46. The first kappa shape index (κ1) is 17.4. The van der Waals surface area contributed by atoms with Crippen molar-refractivity contribution in [1.29, 1.82) is 0 Å². The van der Waals surface area contributed by atoms with Gasteiger partial charge in [0.15, 0.2) is 0 Å². The van der Waals surface area contributed by atoms with Crippen molar-refractivity contribution in [2.45, 2.75) is 51.1 Å². The number of unbranched alkanes of at least 4 members (excludes halogenated alkanes) is 1. The van der Waals surface area contributed by atoms with Gasteiger partial charge in [0.25, 0.3) is 0 Å². The molecule has 0 aliphatic carbocycles. The third-order valence-electron chi connectivity index (χ3n) is 2.86. The summed E-state index contributed by atoms with van der Waals surface area (Å²) in [6, 6.07) is 5.21. The number of rotatable bonds is 8. The maximum atomic E-state index is 12.1. The van der Waals surface area contributed by atoms with E-state index in [1.54, 1.807) is 12.1 Å². The van der Waals surface area contributed by atoms with E-state index in [1.807, 2.05) is 20.8 Å². The van der Waals surface area contributed by atoms with Crippen LogP contribution in [0.15, 0.2) is 23.1 Å². The first-order valence-corrected chi connectivity index (χ1v) is 8.74. The molecule has 6 heteroatoms. The van der Waals surface area contributed by atoms with E-state index in [4.69, 9.17) is 11.6 Å². The second kappa shape index (κ2) is 7.98. The van der Waals surface area contributed by atoms with Crippen molar-refractivity contribution in [2.24, 2.45) is 0 Å². The van der Waals surface area contributed by atoms with Crippen LogP contribution in [0.25, 0.3) is 0 Å². The zero-order chi connectivity index (χ0) is 15.2. The molecule has 0 atom stereocenters. The van der Waals surface area contributed by atoms with E-state index in [1.165, 1.54) is 6.07 Å². The first-order chi connectivity index (χ1) is 9.36. The minimum Gasteiger partial charge on any atom is -0.310 e. The maximum Gasteiger partial charge on any atom is 0.240 e. The Kier molecular flexibility index (Phi) is 6.95. The van der Waals surface area contributed by atoms with Gasteiger partial charge in [0.1, 0.15) is 0 Å².